The number of hydrogen-bond acceptors (Lipinski definition) is 2. The smallest absolute Gasteiger partial charge is 0.115 e. The summed E-state index contributed by atoms with van der Waals surface area (Å²) in [6.45, 7) is 3.54. The third kappa shape index (κ3) is 2.94. The first-order valence-electron chi connectivity index (χ1n) is 7.77. The minimum Gasteiger partial charge on any atom is -0.508 e. The van der Waals surface area contributed by atoms with Gasteiger partial charge in [-0.05, 0) is 67.3 Å². The molecule has 19 heavy (non-hydrogen) atoms. The van der Waals surface area contributed by atoms with Gasteiger partial charge in [-0.25, -0.2) is 0 Å². The van der Waals surface area contributed by atoms with Crippen LogP contribution in [0, 0.1) is 11.8 Å². The van der Waals surface area contributed by atoms with E-state index in [0.717, 1.165) is 24.8 Å². The Kier molecular flexibility index (Phi) is 3.79. The number of fused-ring (bicyclic) bond motifs is 1. The average Bonchev–Trinajstić information content (AvgIpc) is 2.80. The summed E-state index contributed by atoms with van der Waals surface area (Å²) in [5.41, 5.74) is 2.73. The fourth-order valence-corrected chi connectivity index (χ4v) is 3.66. The Morgan fingerprint density at radius 2 is 1.95 bits per heavy atom. The van der Waals surface area contributed by atoms with Gasteiger partial charge in [0.1, 0.15) is 5.75 Å². The van der Waals surface area contributed by atoms with E-state index in [0.29, 0.717) is 11.8 Å². The van der Waals surface area contributed by atoms with Crippen molar-refractivity contribution < 1.29 is 5.11 Å². The van der Waals surface area contributed by atoms with Gasteiger partial charge < -0.3 is 10.4 Å². The largest absolute Gasteiger partial charge is 0.508 e. The lowest BCUT2D eigenvalue weighted by molar-refractivity contribution is 0.274. The quantitative estimate of drug-likeness (QED) is 0.865. The van der Waals surface area contributed by atoms with Crippen molar-refractivity contribution in [1.82, 2.24) is 5.32 Å². The summed E-state index contributed by atoms with van der Waals surface area (Å²) in [5.74, 6) is 2.21. The molecule has 0 radical (unpaired) electrons. The molecule has 2 heteroatoms. The van der Waals surface area contributed by atoms with Crippen LogP contribution in [0.4, 0.5) is 0 Å². The van der Waals surface area contributed by atoms with Crippen LogP contribution in [0.5, 0.6) is 5.75 Å². The Bertz CT molecular complexity index is 435. The molecule has 1 aromatic carbocycles. The van der Waals surface area contributed by atoms with Gasteiger partial charge in [0.2, 0.25) is 0 Å². The van der Waals surface area contributed by atoms with Crippen molar-refractivity contribution in [3.05, 3.63) is 29.3 Å². The molecule has 0 bridgehead atoms. The molecule has 2 nitrogen and oxygen atoms in total. The second-order valence-electron chi connectivity index (χ2n) is 6.51. The van der Waals surface area contributed by atoms with Crippen LogP contribution >= 0.6 is 0 Å². The Morgan fingerprint density at radius 1 is 1.16 bits per heavy atom. The van der Waals surface area contributed by atoms with Crippen LogP contribution in [0.15, 0.2) is 18.2 Å². The van der Waals surface area contributed by atoms with Crippen molar-refractivity contribution in [3.8, 4) is 5.75 Å². The van der Waals surface area contributed by atoms with E-state index in [4.69, 9.17) is 0 Å². The molecule has 1 unspecified atom stereocenters. The molecule has 1 fully saturated rings. The van der Waals surface area contributed by atoms with Crippen molar-refractivity contribution in [2.75, 3.05) is 6.54 Å². The Hall–Kier alpha value is -1.02. The van der Waals surface area contributed by atoms with Crippen LogP contribution in [0.25, 0.3) is 0 Å². The van der Waals surface area contributed by atoms with Crippen molar-refractivity contribution in [2.24, 2.45) is 11.8 Å². The highest BCUT2D eigenvalue weighted by Crippen LogP contribution is 2.34. The number of aryl methyl sites for hydroxylation is 1. The zero-order chi connectivity index (χ0) is 13.2. The molecule has 0 aromatic heterocycles. The lowest BCUT2D eigenvalue weighted by Crippen LogP contribution is -2.28. The summed E-state index contributed by atoms with van der Waals surface area (Å²) >= 11 is 0. The predicted molar refractivity (Wildman–Crippen MR) is 78.3 cm³/mol. The Labute approximate surface area is 116 Å². The van der Waals surface area contributed by atoms with Gasteiger partial charge in [0, 0.05) is 6.04 Å². The fourth-order valence-electron chi connectivity index (χ4n) is 3.66. The number of phenols is 1. The van der Waals surface area contributed by atoms with E-state index in [1.165, 1.54) is 43.2 Å². The highest BCUT2D eigenvalue weighted by molar-refractivity contribution is 5.40. The maximum absolute atomic E-state index is 9.52. The number of benzene rings is 1. The van der Waals surface area contributed by atoms with Crippen LogP contribution < -0.4 is 5.32 Å². The van der Waals surface area contributed by atoms with E-state index in [1.54, 1.807) is 0 Å². The number of phenolic OH excluding ortho intramolecular Hbond substituents is 1. The second kappa shape index (κ2) is 5.54. The number of rotatable bonds is 3. The molecular formula is C17H25NO. The minimum absolute atomic E-state index is 0.403. The lowest BCUT2D eigenvalue weighted by atomic mass is 9.83. The molecule has 2 N–H and O–H groups in total. The van der Waals surface area contributed by atoms with Gasteiger partial charge >= 0.3 is 0 Å². The molecule has 0 saturated heterocycles. The summed E-state index contributed by atoms with van der Waals surface area (Å²) in [6, 6.07) is 6.36. The summed E-state index contributed by atoms with van der Waals surface area (Å²) in [6.07, 6.45) is 7.88. The van der Waals surface area contributed by atoms with Gasteiger partial charge in [0.05, 0.1) is 0 Å². The van der Waals surface area contributed by atoms with E-state index < -0.39 is 0 Å². The maximum Gasteiger partial charge on any atom is 0.115 e. The second-order valence-corrected chi connectivity index (χ2v) is 6.51. The van der Waals surface area contributed by atoms with Crippen LogP contribution in [0.3, 0.4) is 0 Å². The molecule has 0 heterocycles. The zero-order valence-corrected chi connectivity index (χ0v) is 11.9. The molecule has 1 saturated carbocycles. The number of aromatic hydroxyl groups is 1. The first kappa shape index (κ1) is 13.0. The minimum atomic E-state index is 0.403. The molecule has 0 aliphatic heterocycles. The van der Waals surface area contributed by atoms with Crippen LogP contribution in [0.2, 0.25) is 0 Å². The molecule has 0 spiro atoms. The number of nitrogens with one attached hydrogen (secondary N) is 1. The van der Waals surface area contributed by atoms with E-state index in [9.17, 15) is 5.11 Å². The van der Waals surface area contributed by atoms with E-state index in [2.05, 4.69) is 18.3 Å². The first-order valence-corrected chi connectivity index (χ1v) is 7.77. The molecule has 3 rings (SSSR count). The summed E-state index contributed by atoms with van der Waals surface area (Å²) < 4.78 is 0. The van der Waals surface area contributed by atoms with Crippen LogP contribution in [-0.2, 0) is 6.42 Å². The summed E-state index contributed by atoms with van der Waals surface area (Å²) in [4.78, 5) is 0. The van der Waals surface area contributed by atoms with Gasteiger partial charge in [0.25, 0.3) is 0 Å². The molecule has 1 aromatic rings. The van der Waals surface area contributed by atoms with E-state index in [1.807, 2.05) is 12.1 Å². The lowest BCUT2D eigenvalue weighted by Gasteiger charge is -2.27. The summed E-state index contributed by atoms with van der Waals surface area (Å²) in [5, 5.41) is 13.3. The van der Waals surface area contributed by atoms with E-state index >= 15 is 0 Å². The van der Waals surface area contributed by atoms with Gasteiger partial charge in [-0.1, -0.05) is 25.8 Å². The highest BCUT2D eigenvalue weighted by Gasteiger charge is 2.24. The van der Waals surface area contributed by atoms with Crippen molar-refractivity contribution in [2.45, 2.75) is 51.5 Å². The highest BCUT2D eigenvalue weighted by atomic mass is 16.3. The van der Waals surface area contributed by atoms with Gasteiger partial charge in [0.15, 0.2) is 0 Å². The average molecular weight is 259 g/mol. The Balaban J connectivity index is 1.55. The van der Waals surface area contributed by atoms with Crippen LogP contribution in [0.1, 0.15) is 56.2 Å². The molecule has 1 atom stereocenters. The third-order valence-electron chi connectivity index (χ3n) is 4.99. The maximum atomic E-state index is 9.52. The normalized spacial score (nSPS) is 30.3. The fraction of sp³-hybridized carbons (Fsp3) is 0.647. The Morgan fingerprint density at radius 3 is 2.74 bits per heavy atom. The van der Waals surface area contributed by atoms with E-state index in [-0.39, 0.29) is 0 Å². The van der Waals surface area contributed by atoms with Crippen LogP contribution in [-0.4, -0.2) is 11.7 Å². The third-order valence-corrected chi connectivity index (χ3v) is 4.99. The van der Waals surface area contributed by atoms with Crippen molar-refractivity contribution in [1.29, 1.82) is 0 Å². The first-order chi connectivity index (χ1) is 9.22. The van der Waals surface area contributed by atoms with Crippen molar-refractivity contribution >= 4 is 0 Å². The summed E-state index contributed by atoms with van der Waals surface area (Å²) in [7, 11) is 0. The van der Waals surface area contributed by atoms with Gasteiger partial charge in [-0.3, -0.25) is 0 Å². The molecular weight excluding hydrogens is 234 g/mol. The molecule has 2 aliphatic rings. The topological polar surface area (TPSA) is 32.3 Å². The standard InChI is InChI=1S/C17H25NO/c1-12-2-4-13(5-3-12)11-18-17-9-6-14-10-15(19)7-8-16(14)17/h7-8,10,12-13,17-19H,2-6,9,11H2,1H3. The molecule has 104 valence electrons. The number of hydrogen-bond donors (Lipinski definition) is 2. The predicted octanol–water partition coefficient (Wildman–Crippen LogP) is 3.80. The molecule has 2 aliphatic carbocycles. The SMILES string of the molecule is CC1CCC(CNC2CCc3cc(O)ccc32)CC1. The van der Waals surface area contributed by atoms with Gasteiger partial charge in [-0.15, -0.1) is 0 Å². The monoisotopic (exact) mass is 259 g/mol. The van der Waals surface area contributed by atoms with Crippen molar-refractivity contribution in [3.63, 3.8) is 0 Å². The molecule has 0 amide bonds. The van der Waals surface area contributed by atoms with Gasteiger partial charge in [-0.2, -0.15) is 0 Å². The zero-order valence-electron chi connectivity index (χ0n) is 11.9.